The van der Waals surface area contributed by atoms with Gasteiger partial charge >= 0.3 is 18.5 Å². The van der Waals surface area contributed by atoms with Gasteiger partial charge in [0, 0.05) is 12.6 Å². The SMILES string of the molecule is O=C(O)CCc1nc(C(F)(F)F)n2cc(-c3ccc(OC(F)(F)F)cc3)ccc12. The number of ether oxygens (including phenoxy) is 1. The van der Waals surface area contributed by atoms with Crippen LogP contribution in [0.1, 0.15) is 17.9 Å². The maximum atomic E-state index is 13.4. The van der Waals surface area contributed by atoms with E-state index in [0.29, 0.717) is 11.1 Å². The molecular formula is C18H12F6N2O3. The summed E-state index contributed by atoms with van der Waals surface area (Å²) in [6, 6.07) is 7.47. The number of fused-ring (bicyclic) bond motifs is 1. The van der Waals surface area contributed by atoms with Crippen molar-refractivity contribution >= 4 is 11.5 Å². The van der Waals surface area contributed by atoms with Crippen molar-refractivity contribution in [3.63, 3.8) is 0 Å². The molecular weight excluding hydrogens is 406 g/mol. The predicted octanol–water partition coefficient (Wildman–Crippen LogP) is 4.94. The molecule has 0 radical (unpaired) electrons. The van der Waals surface area contributed by atoms with Gasteiger partial charge in [-0.05, 0) is 29.3 Å². The quantitative estimate of drug-likeness (QED) is 0.597. The first-order valence-electron chi connectivity index (χ1n) is 8.10. The molecule has 11 heteroatoms. The highest BCUT2D eigenvalue weighted by atomic mass is 19.4. The second-order valence-corrected chi connectivity index (χ2v) is 6.02. The van der Waals surface area contributed by atoms with Crippen LogP contribution >= 0.6 is 0 Å². The van der Waals surface area contributed by atoms with E-state index in [9.17, 15) is 31.1 Å². The fraction of sp³-hybridized carbons (Fsp3) is 0.222. The summed E-state index contributed by atoms with van der Waals surface area (Å²) in [6.45, 7) is 0. The van der Waals surface area contributed by atoms with Crippen LogP contribution in [0.2, 0.25) is 0 Å². The van der Waals surface area contributed by atoms with Crippen molar-refractivity contribution < 1.29 is 41.0 Å². The van der Waals surface area contributed by atoms with Gasteiger partial charge in [0.15, 0.2) is 0 Å². The molecule has 0 bridgehead atoms. The smallest absolute Gasteiger partial charge is 0.481 e. The van der Waals surface area contributed by atoms with Crippen molar-refractivity contribution in [3.8, 4) is 16.9 Å². The molecule has 1 aromatic carbocycles. The number of halogens is 6. The van der Waals surface area contributed by atoms with Gasteiger partial charge in [-0.1, -0.05) is 18.2 Å². The minimum Gasteiger partial charge on any atom is -0.481 e. The molecule has 2 aromatic heterocycles. The van der Waals surface area contributed by atoms with Crippen LogP contribution in [-0.4, -0.2) is 26.8 Å². The highest BCUT2D eigenvalue weighted by Gasteiger charge is 2.37. The van der Waals surface area contributed by atoms with Gasteiger partial charge < -0.3 is 9.84 Å². The fourth-order valence-electron chi connectivity index (χ4n) is 2.78. The zero-order valence-electron chi connectivity index (χ0n) is 14.4. The van der Waals surface area contributed by atoms with Crippen molar-refractivity contribution in [2.45, 2.75) is 25.4 Å². The third-order valence-electron chi connectivity index (χ3n) is 3.96. The van der Waals surface area contributed by atoms with Gasteiger partial charge in [0.05, 0.1) is 17.6 Å². The lowest BCUT2D eigenvalue weighted by Gasteiger charge is -2.10. The van der Waals surface area contributed by atoms with Crippen LogP contribution in [0.3, 0.4) is 0 Å². The summed E-state index contributed by atoms with van der Waals surface area (Å²) in [5, 5.41) is 8.76. The van der Waals surface area contributed by atoms with Gasteiger partial charge in [-0.2, -0.15) is 13.2 Å². The second-order valence-electron chi connectivity index (χ2n) is 6.02. The fourth-order valence-corrected chi connectivity index (χ4v) is 2.78. The Labute approximate surface area is 159 Å². The molecule has 0 unspecified atom stereocenters. The highest BCUT2D eigenvalue weighted by molar-refractivity contribution is 5.69. The Hall–Kier alpha value is -3.24. The number of imidazole rings is 1. The normalized spacial score (nSPS) is 12.3. The summed E-state index contributed by atoms with van der Waals surface area (Å²) >= 11 is 0. The number of hydrogen-bond acceptors (Lipinski definition) is 3. The number of carbonyl (C=O) groups is 1. The monoisotopic (exact) mass is 418 g/mol. The summed E-state index contributed by atoms with van der Waals surface area (Å²) in [6.07, 6.45) is -9.06. The molecule has 0 saturated heterocycles. The van der Waals surface area contributed by atoms with Gasteiger partial charge in [0.2, 0.25) is 5.82 Å². The lowest BCUT2D eigenvalue weighted by atomic mass is 10.1. The molecule has 5 nitrogen and oxygen atoms in total. The Balaban J connectivity index is 2.01. The number of carboxylic acids is 1. The number of pyridine rings is 1. The van der Waals surface area contributed by atoms with E-state index >= 15 is 0 Å². The molecule has 29 heavy (non-hydrogen) atoms. The molecule has 1 N–H and O–H groups in total. The first kappa shape index (κ1) is 20.5. The van der Waals surface area contributed by atoms with Gasteiger partial charge in [-0.3, -0.25) is 9.20 Å². The molecule has 0 saturated carbocycles. The third-order valence-corrected chi connectivity index (χ3v) is 3.96. The average Bonchev–Trinajstić information content (AvgIpc) is 2.97. The van der Waals surface area contributed by atoms with Crippen molar-refractivity contribution in [3.05, 3.63) is 54.1 Å². The molecule has 0 amide bonds. The van der Waals surface area contributed by atoms with Gasteiger partial charge in [-0.25, -0.2) is 4.98 Å². The maximum absolute atomic E-state index is 13.4. The maximum Gasteiger partial charge on any atom is 0.573 e. The zero-order valence-corrected chi connectivity index (χ0v) is 14.4. The van der Waals surface area contributed by atoms with Crippen molar-refractivity contribution in [2.75, 3.05) is 0 Å². The van der Waals surface area contributed by atoms with Crippen LogP contribution in [-0.2, 0) is 17.4 Å². The largest absolute Gasteiger partial charge is 0.573 e. The van der Waals surface area contributed by atoms with E-state index in [-0.39, 0.29) is 24.1 Å². The molecule has 154 valence electrons. The van der Waals surface area contributed by atoms with Gasteiger partial charge in [0.1, 0.15) is 5.75 Å². The number of rotatable bonds is 5. The standard InChI is InChI=1S/C18H12F6N2O3/c19-17(20,21)16-25-13(6-8-15(27)28)14-7-3-11(9-26(14)16)10-1-4-12(5-2-10)29-18(22,23)24/h1-5,7,9H,6,8H2,(H,27,28). The molecule has 3 aromatic rings. The van der Waals surface area contributed by atoms with Crippen LogP contribution in [0.15, 0.2) is 42.6 Å². The number of aromatic nitrogens is 2. The second kappa shape index (κ2) is 7.30. The summed E-state index contributed by atoms with van der Waals surface area (Å²) < 4.78 is 81.3. The topological polar surface area (TPSA) is 63.8 Å². The van der Waals surface area contributed by atoms with Crippen molar-refractivity contribution in [1.82, 2.24) is 9.38 Å². The number of alkyl halides is 6. The summed E-state index contributed by atoms with van der Waals surface area (Å²) in [5.74, 6) is -2.85. The molecule has 0 aliphatic rings. The van der Waals surface area contributed by atoms with Crippen molar-refractivity contribution in [1.29, 1.82) is 0 Å². The molecule has 2 heterocycles. The summed E-state index contributed by atoms with van der Waals surface area (Å²) in [7, 11) is 0. The Bertz CT molecular complexity index is 1040. The Morgan fingerprint density at radius 3 is 2.17 bits per heavy atom. The lowest BCUT2D eigenvalue weighted by molar-refractivity contribution is -0.274. The van der Waals surface area contributed by atoms with E-state index in [2.05, 4.69) is 9.72 Å². The summed E-state index contributed by atoms with van der Waals surface area (Å²) in [4.78, 5) is 14.3. The molecule has 3 rings (SSSR count). The number of hydrogen-bond donors (Lipinski definition) is 1. The number of aryl methyl sites for hydroxylation is 1. The van der Waals surface area contributed by atoms with E-state index in [0.717, 1.165) is 22.7 Å². The van der Waals surface area contributed by atoms with Gasteiger partial charge in [0.25, 0.3) is 0 Å². The first-order valence-corrected chi connectivity index (χ1v) is 8.10. The number of carboxylic acid groups (broad SMARTS) is 1. The molecule has 0 aliphatic carbocycles. The van der Waals surface area contributed by atoms with E-state index < -0.39 is 30.1 Å². The Morgan fingerprint density at radius 2 is 1.62 bits per heavy atom. The Morgan fingerprint density at radius 1 is 1.00 bits per heavy atom. The van der Waals surface area contributed by atoms with Crippen molar-refractivity contribution in [2.24, 2.45) is 0 Å². The van der Waals surface area contributed by atoms with Gasteiger partial charge in [-0.15, -0.1) is 13.2 Å². The molecule has 0 spiro atoms. The predicted molar refractivity (Wildman–Crippen MR) is 88.3 cm³/mol. The zero-order chi connectivity index (χ0) is 21.4. The molecule has 0 atom stereocenters. The van der Waals surface area contributed by atoms with E-state index in [4.69, 9.17) is 5.11 Å². The van der Waals surface area contributed by atoms with E-state index in [1.807, 2.05) is 0 Å². The molecule has 0 aliphatic heterocycles. The van der Waals surface area contributed by atoms with E-state index in [1.54, 1.807) is 0 Å². The number of nitrogens with zero attached hydrogens (tertiary/aromatic N) is 2. The third kappa shape index (κ3) is 4.79. The summed E-state index contributed by atoms with van der Waals surface area (Å²) in [5.41, 5.74) is 0.735. The first-order chi connectivity index (χ1) is 13.4. The van der Waals surface area contributed by atoms with Crippen LogP contribution in [0, 0.1) is 0 Å². The van der Waals surface area contributed by atoms with Crippen LogP contribution in [0.5, 0.6) is 5.75 Å². The minimum absolute atomic E-state index is 0.0137. The average molecular weight is 418 g/mol. The molecule has 0 fully saturated rings. The lowest BCUT2D eigenvalue weighted by Crippen LogP contribution is -2.16. The van der Waals surface area contributed by atoms with Crippen LogP contribution in [0.4, 0.5) is 26.3 Å². The van der Waals surface area contributed by atoms with E-state index in [1.165, 1.54) is 24.3 Å². The number of aliphatic carboxylic acids is 1. The minimum atomic E-state index is -4.86. The highest BCUT2D eigenvalue weighted by Crippen LogP contribution is 2.33. The van der Waals surface area contributed by atoms with Crippen LogP contribution in [0.25, 0.3) is 16.6 Å². The Kier molecular flexibility index (Phi) is 5.16. The van der Waals surface area contributed by atoms with Crippen LogP contribution < -0.4 is 4.74 Å². The number of benzene rings is 1.